The van der Waals surface area contributed by atoms with Crippen molar-refractivity contribution in [2.24, 2.45) is 7.05 Å². The van der Waals surface area contributed by atoms with Gasteiger partial charge in [0.05, 0.1) is 5.69 Å². The number of fused-ring (bicyclic) bond motifs is 3. The fourth-order valence-electron chi connectivity index (χ4n) is 5.41. The summed E-state index contributed by atoms with van der Waals surface area (Å²) >= 11 is 0. The van der Waals surface area contributed by atoms with Crippen LogP contribution in [0.4, 0.5) is 4.79 Å². The zero-order valence-electron chi connectivity index (χ0n) is 23.4. The van der Waals surface area contributed by atoms with Crippen molar-refractivity contribution in [1.29, 1.82) is 0 Å². The second kappa shape index (κ2) is 12.7. The lowest BCUT2D eigenvalue weighted by Gasteiger charge is -2.25. The lowest BCUT2D eigenvalue weighted by atomic mass is 9.98. The van der Waals surface area contributed by atoms with Crippen molar-refractivity contribution < 1.29 is 24.2 Å². The summed E-state index contributed by atoms with van der Waals surface area (Å²) in [5.41, 5.74) is 5.73. The van der Waals surface area contributed by atoms with E-state index in [0.29, 0.717) is 12.2 Å². The van der Waals surface area contributed by atoms with Gasteiger partial charge in [0.15, 0.2) is 6.04 Å². The number of amides is 2. The minimum absolute atomic E-state index is 0.0546. The second-order valence-electron chi connectivity index (χ2n) is 10.4. The number of carboxylic acids is 1. The number of alkyl carbamates (subject to hydrolysis) is 1. The number of rotatable bonds is 11. The van der Waals surface area contributed by atoms with E-state index in [0.717, 1.165) is 27.8 Å². The summed E-state index contributed by atoms with van der Waals surface area (Å²) in [5.74, 6) is -2.02. The molecule has 0 bridgehead atoms. The number of hydrogen-bond acceptors (Lipinski definition) is 6. The van der Waals surface area contributed by atoms with Crippen LogP contribution in [0.1, 0.15) is 34.3 Å². The van der Waals surface area contributed by atoms with Gasteiger partial charge in [-0.2, -0.15) is 5.10 Å². The molecule has 0 saturated carbocycles. The van der Waals surface area contributed by atoms with Crippen LogP contribution in [0, 0.1) is 0 Å². The summed E-state index contributed by atoms with van der Waals surface area (Å²) in [4.78, 5) is 40.5. The largest absolute Gasteiger partial charge is 0.480 e. The molecular weight excluding hydrogens is 534 g/mol. The summed E-state index contributed by atoms with van der Waals surface area (Å²) in [5, 5.41) is 19.2. The number of carbonyl (C=O) groups is 3. The highest BCUT2D eigenvalue weighted by Crippen LogP contribution is 2.44. The minimum atomic E-state index is -1.23. The van der Waals surface area contributed by atoms with Gasteiger partial charge in [-0.05, 0) is 40.9 Å². The number of aliphatic carboxylic acids is 1. The van der Waals surface area contributed by atoms with Crippen molar-refractivity contribution in [1.82, 2.24) is 25.3 Å². The van der Waals surface area contributed by atoms with Crippen molar-refractivity contribution in [3.8, 4) is 11.1 Å². The average Bonchev–Trinajstić information content (AvgIpc) is 3.55. The van der Waals surface area contributed by atoms with Crippen LogP contribution in [0.2, 0.25) is 0 Å². The molecule has 3 N–H and O–H groups in total. The molecule has 10 nitrogen and oxygen atoms in total. The van der Waals surface area contributed by atoms with E-state index in [-0.39, 0.29) is 19.1 Å². The number of likely N-dealkylation sites (N-methyl/N-ethyl adjacent to an activating group) is 1. The molecule has 0 radical (unpaired) electrons. The monoisotopic (exact) mass is 567 g/mol. The van der Waals surface area contributed by atoms with Crippen LogP contribution >= 0.6 is 0 Å². The molecule has 1 aliphatic carbocycles. The van der Waals surface area contributed by atoms with Gasteiger partial charge in [0.25, 0.3) is 0 Å². The van der Waals surface area contributed by atoms with E-state index < -0.39 is 30.1 Å². The molecule has 0 spiro atoms. The van der Waals surface area contributed by atoms with Gasteiger partial charge in [-0.15, -0.1) is 0 Å². The predicted molar refractivity (Wildman–Crippen MR) is 156 cm³/mol. The zero-order valence-corrected chi connectivity index (χ0v) is 23.4. The Hall–Kier alpha value is -4.96. The topological polar surface area (TPSA) is 126 Å². The van der Waals surface area contributed by atoms with Gasteiger partial charge < -0.3 is 20.5 Å². The number of aromatic nitrogens is 2. The van der Waals surface area contributed by atoms with E-state index in [1.54, 1.807) is 20.2 Å². The summed E-state index contributed by atoms with van der Waals surface area (Å²) in [7, 11) is 3.42. The Morgan fingerprint density at radius 1 is 0.929 bits per heavy atom. The number of carbonyl (C=O) groups excluding carboxylic acids is 2. The number of ether oxygens (including phenoxy) is 1. The SMILES string of the molecule is CN(Cc1ccccc1)CC(NC(=O)C(NC(=O)OCC1c2ccccc2-c2ccccc21)c1ccnn1C)C(=O)O. The average molecular weight is 568 g/mol. The van der Waals surface area contributed by atoms with Crippen LogP contribution in [0.5, 0.6) is 0 Å². The lowest BCUT2D eigenvalue weighted by molar-refractivity contribution is -0.142. The van der Waals surface area contributed by atoms with Crippen molar-refractivity contribution in [3.05, 3.63) is 114 Å². The van der Waals surface area contributed by atoms with Crippen LogP contribution in [-0.4, -0.2) is 64.0 Å². The van der Waals surface area contributed by atoms with Gasteiger partial charge in [-0.3, -0.25) is 14.4 Å². The summed E-state index contributed by atoms with van der Waals surface area (Å²) in [6, 6.07) is 24.8. The van der Waals surface area contributed by atoms with E-state index in [2.05, 4.69) is 15.7 Å². The number of benzene rings is 3. The van der Waals surface area contributed by atoms with Crippen LogP contribution in [0.15, 0.2) is 91.1 Å². The van der Waals surface area contributed by atoms with E-state index in [1.807, 2.05) is 83.8 Å². The van der Waals surface area contributed by atoms with E-state index >= 15 is 0 Å². The molecule has 0 aliphatic heterocycles. The van der Waals surface area contributed by atoms with Crippen LogP contribution in [-0.2, 0) is 27.9 Å². The quantitative estimate of drug-likeness (QED) is 0.252. The highest BCUT2D eigenvalue weighted by molar-refractivity contribution is 5.90. The van der Waals surface area contributed by atoms with Gasteiger partial charge in [-0.1, -0.05) is 78.9 Å². The van der Waals surface area contributed by atoms with Crippen LogP contribution < -0.4 is 10.6 Å². The fraction of sp³-hybridized carbons (Fsp3) is 0.250. The minimum Gasteiger partial charge on any atom is -0.480 e. The Morgan fingerprint density at radius 2 is 1.55 bits per heavy atom. The molecule has 2 atom stereocenters. The first-order valence-electron chi connectivity index (χ1n) is 13.7. The Kier molecular flexibility index (Phi) is 8.63. The molecular formula is C32H33N5O5. The van der Waals surface area contributed by atoms with Gasteiger partial charge >= 0.3 is 12.1 Å². The third-order valence-corrected chi connectivity index (χ3v) is 7.43. The normalized spacial score (nSPS) is 13.6. The molecule has 0 fully saturated rings. The zero-order chi connectivity index (χ0) is 29.6. The molecule has 3 aromatic carbocycles. The van der Waals surface area contributed by atoms with Crippen LogP contribution in [0.3, 0.4) is 0 Å². The molecule has 2 amide bonds. The van der Waals surface area contributed by atoms with Gasteiger partial charge in [0, 0.05) is 32.3 Å². The highest BCUT2D eigenvalue weighted by atomic mass is 16.5. The molecule has 4 aromatic rings. The number of nitrogens with zero attached hydrogens (tertiary/aromatic N) is 3. The molecule has 5 rings (SSSR count). The molecule has 1 aromatic heterocycles. The van der Waals surface area contributed by atoms with Crippen molar-refractivity contribution in [2.45, 2.75) is 24.5 Å². The maximum atomic E-state index is 13.5. The first kappa shape index (κ1) is 28.6. The lowest BCUT2D eigenvalue weighted by Crippen LogP contribution is -2.51. The number of aryl methyl sites for hydroxylation is 1. The molecule has 216 valence electrons. The Morgan fingerprint density at radius 3 is 2.14 bits per heavy atom. The first-order chi connectivity index (χ1) is 20.3. The third-order valence-electron chi connectivity index (χ3n) is 7.43. The molecule has 2 unspecified atom stereocenters. The Labute approximate surface area is 243 Å². The van der Waals surface area contributed by atoms with Gasteiger partial charge in [0.2, 0.25) is 5.91 Å². The number of nitrogens with one attached hydrogen (secondary N) is 2. The van der Waals surface area contributed by atoms with Gasteiger partial charge in [-0.25, -0.2) is 9.59 Å². The molecule has 42 heavy (non-hydrogen) atoms. The number of hydrogen-bond donors (Lipinski definition) is 3. The fourth-order valence-corrected chi connectivity index (χ4v) is 5.41. The standard InChI is InChI=1S/C32H33N5O5/c1-36(18-21-10-4-3-5-11-21)19-27(31(39)40)34-30(38)29(28-16-17-33-37(28)2)35-32(41)42-20-26-24-14-8-6-12-22(24)23-13-7-9-15-25(23)26/h3-17,26-27,29H,18-20H2,1-2H3,(H,34,38)(H,35,41)(H,39,40). The molecule has 1 heterocycles. The van der Waals surface area contributed by atoms with Gasteiger partial charge in [0.1, 0.15) is 12.6 Å². The molecule has 10 heteroatoms. The molecule has 0 saturated heterocycles. The number of carboxylic acid groups (broad SMARTS) is 1. The van der Waals surface area contributed by atoms with E-state index in [1.165, 1.54) is 10.9 Å². The smallest absolute Gasteiger partial charge is 0.408 e. The summed E-state index contributed by atoms with van der Waals surface area (Å²) in [6.07, 6.45) is 0.698. The van der Waals surface area contributed by atoms with Crippen molar-refractivity contribution in [2.75, 3.05) is 20.2 Å². The maximum Gasteiger partial charge on any atom is 0.408 e. The van der Waals surface area contributed by atoms with E-state index in [4.69, 9.17) is 4.74 Å². The van der Waals surface area contributed by atoms with Crippen molar-refractivity contribution in [3.63, 3.8) is 0 Å². The van der Waals surface area contributed by atoms with E-state index in [9.17, 15) is 19.5 Å². The first-order valence-corrected chi connectivity index (χ1v) is 13.7. The predicted octanol–water partition coefficient (Wildman–Crippen LogP) is 3.70. The maximum absolute atomic E-state index is 13.5. The highest BCUT2D eigenvalue weighted by Gasteiger charge is 2.32. The molecule has 1 aliphatic rings. The summed E-state index contributed by atoms with van der Waals surface area (Å²) in [6.45, 7) is 0.629. The van der Waals surface area contributed by atoms with Crippen molar-refractivity contribution >= 4 is 18.0 Å². The third kappa shape index (κ3) is 6.34. The second-order valence-corrected chi connectivity index (χ2v) is 10.4. The Balaban J connectivity index is 1.27. The summed E-state index contributed by atoms with van der Waals surface area (Å²) < 4.78 is 7.11. The van der Waals surface area contributed by atoms with Crippen LogP contribution in [0.25, 0.3) is 11.1 Å². The Bertz CT molecular complexity index is 1520.